The first-order valence-corrected chi connectivity index (χ1v) is 8.06. The van der Waals surface area contributed by atoms with E-state index >= 15 is 0 Å². The maximum atomic E-state index is 12.7. The monoisotopic (exact) mass is 333 g/mol. The van der Waals surface area contributed by atoms with Gasteiger partial charge in [0.05, 0.1) is 24.9 Å². The van der Waals surface area contributed by atoms with Gasteiger partial charge in [-0.05, 0) is 38.8 Å². The van der Waals surface area contributed by atoms with E-state index < -0.39 is 23.9 Å². The Morgan fingerprint density at radius 3 is 2.71 bits per heavy atom. The van der Waals surface area contributed by atoms with Crippen molar-refractivity contribution in [1.82, 2.24) is 4.90 Å². The summed E-state index contributed by atoms with van der Waals surface area (Å²) in [7, 11) is 0. The molecule has 1 fully saturated rings. The quantitative estimate of drug-likeness (QED) is 0.896. The molecule has 2 N–H and O–H groups in total. The molecule has 2 atom stereocenters. The predicted octanol–water partition coefficient (Wildman–Crippen LogP) is 2.09. The van der Waals surface area contributed by atoms with Crippen LogP contribution in [-0.4, -0.2) is 48.0 Å². The molecule has 0 bridgehead atoms. The van der Waals surface area contributed by atoms with Gasteiger partial charge in [0.2, 0.25) is 0 Å². The summed E-state index contributed by atoms with van der Waals surface area (Å²) >= 11 is 0. The molecule has 2 aliphatic rings. The molecule has 0 radical (unpaired) electrons. The zero-order valence-corrected chi connectivity index (χ0v) is 14.2. The van der Waals surface area contributed by atoms with Gasteiger partial charge in [0.1, 0.15) is 11.7 Å². The molecule has 24 heavy (non-hydrogen) atoms. The Balaban J connectivity index is 1.88. The van der Waals surface area contributed by atoms with E-state index in [1.165, 1.54) is 4.90 Å². The third-order valence-electron chi connectivity index (χ3n) is 4.16. The number of hydrogen-bond donors (Lipinski definition) is 1. The van der Waals surface area contributed by atoms with Gasteiger partial charge in [-0.1, -0.05) is 18.2 Å². The van der Waals surface area contributed by atoms with Crippen LogP contribution in [0.1, 0.15) is 26.3 Å². The van der Waals surface area contributed by atoms with Crippen molar-refractivity contribution >= 4 is 17.9 Å². The number of rotatable bonds is 2. The molecule has 0 saturated carbocycles. The van der Waals surface area contributed by atoms with Gasteiger partial charge in [0.15, 0.2) is 0 Å². The van der Waals surface area contributed by atoms with E-state index in [-0.39, 0.29) is 12.7 Å². The van der Waals surface area contributed by atoms with Crippen molar-refractivity contribution in [3.8, 4) is 0 Å². The van der Waals surface area contributed by atoms with E-state index in [0.717, 1.165) is 11.3 Å². The Morgan fingerprint density at radius 1 is 1.38 bits per heavy atom. The van der Waals surface area contributed by atoms with Crippen molar-refractivity contribution in [1.29, 1.82) is 0 Å². The Labute approximate surface area is 141 Å². The molecular formula is C17H23N3O4. The maximum absolute atomic E-state index is 12.7. The van der Waals surface area contributed by atoms with Gasteiger partial charge in [-0.3, -0.25) is 9.80 Å². The molecule has 2 aliphatic heterocycles. The Hall–Kier alpha value is -2.28. The predicted molar refractivity (Wildman–Crippen MR) is 88.7 cm³/mol. The zero-order chi connectivity index (χ0) is 17.5. The van der Waals surface area contributed by atoms with Crippen molar-refractivity contribution in [3.05, 3.63) is 29.8 Å². The first-order valence-electron chi connectivity index (χ1n) is 8.06. The highest BCUT2D eigenvalue weighted by Gasteiger charge is 2.45. The molecule has 1 saturated heterocycles. The fourth-order valence-electron chi connectivity index (χ4n) is 3.14. The molecule has 0 spiro atoms. The first-order chi connectivity index (χ1) is 11.3. The standard InChI is InChI=1S/C17H23N3O4/c1-17(2,3)24-16(22)20-12-7-5-4-6-11(12)8-13(20)14-9-19(10-18)15(21)23-14/h4-7,13-14H,8-10,18H2,1-3H3. The van der Waals surface area contributed by atoms with E-state index in [4.69, 9.17) is 15.2 Å². The van der Waals surface area contributed by atoms with Crippen molar-refractivity contribution in [3.63, 3.8) is 0 Å². The van der Waals surface area contributed by atoms with Gasteiger partial charge in [0.25, 0.3) is 0 Å². The van der Waals surface area contributed by atoms with E-state index in [9.17, 15) is 9.59 Å². The molecule has 7 heteroatoms. The number of nitrogens with two attached hydrogens (primary N) is 1. The van der Waals surface area contributed by atoms with Crippen molar-refractivity contribution in [2.75, 3.05) is 18.1 Å². The zero-order valence-electron chi connectivity index (χ0n) is 14.2. The lowest BCUT2D eigenvalue weighted by Gasteiger charge is -2.31. The lowest BCUT2D eigenvalue weighted by atomic mass is 10.1. The number of carbonyl (C=O) groups is 2. The minimum absolute atomic E-state index is 0.0987. The summed E-state index contributed by atoms with van der Waals surface area (Å²) in [6, 6.07) is 7.38. The highest BCUT2D eigenvalue weighted by atomic mass is 16.6. The molecule has 2 amide bonds. The number of benzene rings is 1. The topological polar surface area (TPSA) is 85.1 Å². The molecule has 2 unspecified atom stereocenters. The van der Waals surface area contributed by atoms with Crippen LogP contribution in [0.5, 0.6) is 0 Å². The second kappa shape index (κ2) is 5.98. The summed E-state index contributed by atoms with van der Waals surface area (Å²) in [5.41, 5.74) is 6.81. The second-order valence-corrected chi connectivity index (χ2v) is 7.08. The van der Waals surface area contributed by atoms with Gasteiger partial charge in [-0.2, -0.15) is 0 Å². The molecular weight excluding hydrogens is 310 g/mol. The lowest BCUT2D eigenvalue weighted by molar-refractivity contribution is 0.0527. The Kier molecular flexibility index (Phi) is 4.13. The normalized spacial score (nSPS) is 23.2. The van der Waals surface area contributed by atoms with Crippen LogP contribution in [0.4, 0.5) is 15.3 Å². The van der Waals surface area contributed by atoms with Crippen LogP contribution < -0.4 is 10.6 Å². The summed E-state index contributed by atoms with van der Waals surface area (Å²) in [5.74, 6) is 0. The average Bonchev–Trinajstić information content (AvgIpc) is 3.05. The number of hydrogen-bond acceptors (Lipinski definition) is 5. The smallest absolute Gasteiger partial charge is 0.415 e. The number of carbonyl (C=O) groups excluding carboxylic acids is 2. The number of cyclic esters (lactones) is 1. The minimum atomic E-state index is -0.602. The van der Waals surface area contributed by atoms with Crippen LogP contribution in [0.25, 0.3) is 0 Å². The highest BCUT2D eigenvalue weighted by Crippen LogP contribution is 2.36. The fourth-order valence-corrected chi connectivity index (χ4v) is 3.14. The van der Waals surface area contributed by atoms with Crippen LogP contribution in [0, 0.1) is 0 Å². The molecule has 1 aromatic carbocycles. The van der Waals surface area contributed by atoms with E-state index in [1.54, 1.807) is 4.90 Å². The molecule has 7 nitrogen and oxygen atoms in total. The van der Waals surface area contributed by atoms with Crippen LogP contribution in [0.2, 0.25) is 0 Å². The average molecular weight is 333 g/mol. The molecule has 0 aliphatic carbocycles. The highest BCUT2D eigenvalue weighted by molar-refractivity contribution is 5.91. The molecule has 130 valence electrons. The van der Waals surface area contributed by atoms with E-state index in [2.05, 4.69) is 0 Å². The largest absolute Gasteiger partial charge is 0.443 e. The number of nitrogens with zero attached hydrogens (tertiary/aromatic N) is 2. The van der Waals surface area contributed by atoms with E-state index in [1.807, 2.05) is 45.0 Å². The summed E-state index contributed by atoms with van der Waals surface area (Å²) in [6.07, 6.45) is -0.686. The number of fused-ring (bicyclic) bond motifs is 1. The van der Waals surface area contributed by atoms with Crippen LogP contribution >= 0.6 is 0 Å². The molecule has 3 rings (SSSR count). The Morgan fingerprint density at radius 2 is 2.08 bits per heavy atom. The number of para-hydroxylation sites is 1. The Bertz CT molecular complexity index is 655. The molecule has 0 aromatic heterocycles. The van der Waals surface area contributed by atoms with Crippen LogP contribution in [-0.2, 0) is 15.9 Å². The summed E-state index contributed by atoms with van der Waals surface area (Å²) in [5, 5.41) is 0. The number of amides is 2. The summed E-state index contributed by atoms with van der Waals surface area (Å²) < 4.78 is 11.0. The lowest BCUT2D eigenvalue weighted by Crippen LogP contribution is -2.48. The second-order valence-electron chi connectivity index (χ2n) is 7.08. The van der Waals surface area contributed by atoms with Crippen LogP contribution in [0.3, 0.4) is 0 Å². The van der Waals surface area contributed by atoms with Crippen molar-refractivity contribution in [2.45, 2.75) is 44.9 Å². The maximum Gasteiger partial charge on any atom is 0.415 e. The molecule has 2 heterocycles. The van der Waals surface area contributed by atoms with Crippen LogP contribution in [0.15, 0.2) is 24.3 Å². The number of anilines is 1. The third kappa shape index (κ3) is 3.03. The van der Waals surface area contributed by atoms with Crippen molar-refractivity contribution < 1.29 is 19.1 Å². The summed E-state index contributed by atoms with van der Waals surface area (Å²) in [4.78, 5) is 27.6. The molecule has 1 aromatic rings. The van der Waals surface area contributed by atoms with Gasteiger partial charge in [-0.25, -0.2) is 9.59 Å². The minimum Gasteiger partial charge on any atom is -0.443 e. The third-order valence-corrected chi connectivity index (χ3v) is 4.16. The first kappa shape index (κ1) is 16.6. The van der Waals surface area contributed by atoms with Gasteiger partial charge in [-0.15, -0.1) is 0 Å². The van der Waals surface area contributed by atoms with Gasteiger partial charge < -0.3 is 15.2 Å². The summed E-state index contributed by atoms with van der Waals surface area (Å²) in [6.45, 7) is 5.95. The van der Waals surface area contributed by atoms with E-state index in [0.29, 0.717) is 13.0 Å². The van der Waals surface area contributed by atoms with Gasteiger partial charge >= 0.3 is 12.2 Å². The fraction of sp³-hybridized carbons (Fsp3) is 0.529. The van der Waals surface area contributed by atoms with Gasteiger partial charge in [0, 0.05) is 0 Å². The number of ether oxygens (including phenoxy) is 2. The SMILES string of the molecule is CC(C)(C)OC(=O)N1c2ccccc2CC1C1CN(CN)C(=O)O1. The van der Waals surface area contributed by atoms with Crippen molar-refractivity contribution in [2.24, 2.45) is 5.73 Å².